The first-order valence-corrected chi connectivity index (χ1v) is 10.00. The molecule has 3 heterocycles. The summed E-state index contributed by atoms with van der Waals surface area (Å²) in [5, 5.41) is 4.69. The lowest BCUT2D eigenvalue weighted by Gasteiger charge is -2.14. The van der Waals surface area contributed by atoms with Crippen molar-refractivity contribution in [1.29, 1.82) is 0 Å². The van der Waals surface area contributed by atoms with Crippen molar-refractivity contribution in [1.82, 2.24) is 19.2 Å². The van der Waals surface area contributed by atoms with Crippen LogP contribution in [0.3, 0.4) is 0 Å². The summed E-state index contributed by atoms with van der Waals surface area (Å²) in [5.74, 6) is 1.88. The zero-order chi connectivity index (χ0) is 20.5. The standard InChI is InChI=1S/C20H28N4O2.C2H4/c1-4-6-8-16(5-2)14-23-15(3)22-24-18(20(23)25)13-21-19(24)17-9-7-11-26-12-10-17;1-2/h5-6,8,13,17H,4,7,9-12,14H2,1-3H3;1-2H2/b8-6-,16-5+;. The molecule has 0 N–H and O–H groups in total. The molecular formula is C22H32N4O2. The van der Waals surface area contributed by atoms with Gasteiger partial charge in [0.05, 0.1) is 12.7 Å². The fourth-order valence-corrected chi connectivity index (χ4v) is 3.41. The Balaban J connectivity index is 0.00000136. The first kappa shape index (κ1) is 21.8. The second-order valence-corrected chi connectivity index (χ2v) is 6.77. The fraction of sp³-hybridized carbons (Fsp3) is 0.500. The van der Waals surface area contributed by atoms with Crippen LogP contribution in [-0.4, -0.2) is 32.4 Å². The second-order valence-electron chi connectivity index (χ2n) is 6.77. The van der Waals surface area contributed by atoms with Crippen LogP contribution < -0.4 is 5.56 Å². The summed E-state index contributed by atoms with van der Waals surface area (Å²) in [6.07, 6.45) is 11.8. The fourth-order valence-electron chi connectivity index (χ4n) is 3.41. The van der Waals surface area contributed by atoms with Crippen molar-refractivity contribution in [2.24, 2.45) is 0 Å². The molecule has 6 heteroatoms. The SMILES string of the molecule is C/C=C(\C=C/CC)Cn1c(C)nn2c(C3CCCOCC3)ncc2c1=O.C=C. The molecule has 0 radical (unpaired) electrons. The number of rotatable bonds is 5. The molecule has 0 spiro atoms. The van der Waals surface area contributed by atoms with Crippen LogP contribution in [-0.2, 0) is 11.3 Å². The number of aryl methyl sites for hydroxylation is 1. The molecule has 0 saturated carbocycles. The van der Waals surface area contributed by atoms with E-state index in [0.717, 1.165) is 50.3 Å². The van der Waals surface area contributed by atoms with Gasteiger partial charge in [-0.05, 0) is 45.1 Å². The summed E-state index contributed by atoms with van der Waals surface area (Å²) in [6, 6.07) is 0. The van der Waals surface area contributed by atoms with Gasteiger partial charge in [-0.2, -0.15) is 5.10 Å². The summed E-state index contributed by atoms with van der Waals surface area (Å²) in [4.78, 5) is 17.6. The van der Waals surface area contributed by atoms with Gasteiger partial charge in [-0.25, -0.2) is 9.50 Å². The van der Waals surface area contributed by atoms with Gasteiger partial charge in [0.15, 0.2) is 5.52 Å². The van der Waals surface area contributed by atoms with E-state index in [9.17, 15) is 4.79 Å². The first-order chi connectivity index (χ1) is 13.7. The van der Waals surface area contributed by atoms with Gasteiger partial charge < -0.3 is 4.74 Å². The minimum Gasteiger partial charge on any atom is -0.381 e. The number of aromatic nitrogens is 4. The predicted octanol–water partition coefficient (Wildman–Crippen LogP) is 4.20. The van der Waals surface area contributed by atoms with Crippen molar-refractivity contribution in [3.05, 3.63) is 65.2 Å². The van der Waals surface area contributed by atoms with Crippen molar-refractivity contribution in [2.45, 2.75) is 58.9 Å². The molecule has 152 valence electrons. The smallest absolute Gasteiger partial charge is 0.279 e. The lowest BCUT2D eigenvalue weighted by molar-refractivity contribution is 0.143. The van der Waals surface area contributed by atoms with Gasteiger partial charge in [0.25, 0.3) is 5.56 Å². The average molecular weight is 385 g/mol. The van der Waals surface area contributed by atoms with Crippen LogP contribution in [0.4, 0.5) is 0 Å². The van der Waals surface area contributed by atoms with E-state index in [1.807, 2.05) is 19.9 Å². The van der Waals surface area contributed by atoms with Gasteiger partial charge in [0.2, 0.25) is 0 Å². The molecule has 3 rings (SSSR count). The number of hydrogen-bond donors (Lipinski definition) is 0. The Morgan fingerprint density at radius 1 is 1.36 bits per heavy atom. The van der Waals surface area contributed by atoms with Crippen LogP contribution in [0.1, 0.15) is 57.1 Å². The largest absolute Gasteiger partial charge is 0.381 e. The molecule has 0 bridgehead atoms. The number of fused-ring (bicyclic) bond motifs is 1. The first-order valence-electron chi connectivity index (χ1n) is 10.00. The molecule has 0 amide bonds. The maximum Gasteiger partial charge on any atom is 0.279 e. The van der Waals surface area contributed by atoms with E-state index < -0.39 is 0 Å². The minimum atomic E-state index is -0.0367. The number of nitrogens with zero attached hydrogens (tertiary/aromatic N) is 4. The predicted molar refractivity (Wildman–Crippen MR) is 114 cm³/mol. The molecule has 1 saturated heterocycles. The molecule has 0 aliphatic carbocycles. The van der Waals surface area contributed by atoms with Crippen LogP contribution in [0.15, 0.2) is 48.0 Å². The summed E-state index contributed by atoms with van der Waals surface area (Å²) in [6.45, 7) is 14.0. The van der Waals surface area contributed by atoms with Crippen molar-refractivity contribution in [3.63, 3.8) is 0 Å². The Morgan fingerprint density at radius 3 is 2.86 bits per heavy atom. The van der Waals surface area contributed by atoms with Crippen molar-refractivity contribution >= 4 is 5.52 Å². The van der Waals surface area contributed by atoms with Crippen LogP contribution in [0.5, 0.6) is 0 Å². The Morgan fingerprint density at radius 2 is 2.14 bits per heavy atom. The van der Waals surface area contributed by atoms with Gasteiger partial charge in [-0.3, -0.25) is 9.36 Å². The topological polar surface area (TPSA) is 61.4 Å². The third kappa shape index (κ3) is 4.87. The summed E-state index contributed by atoms with van der Waals surface area (Å²) >= 11 is 0. The maximum atomic E-state index is 13.0. The molecule has 28 heavy (non-hydrogen) atoms. The Bertz CT molecular complexity index is 884. The van der Waals surface area contributed by atoms with Crippen LogP contribution >= 0.6 is 0 Å². The number of ether oxygens (including phenoxy) is 1. The van der Waals surface area contributed by atoms with E-state index in [1.165, 1.54) is 0 Å². The van der Waals surface area contributed by atoms with E-state index >= 15 is 0 Å². The quantitative estimate of drug-likeness (QED) is 0.573. The van der Waals surface area contributed by atoms with Crippen molar-refractivity contribution < 1.29 is 4.74 Å². The average Bonchev–Trinajstić information content (AvgIpc) is 2.95. The second kappa shape index (κ2) is 10.8. The molecule has 2 aromatic rings. The van der Waals surface area contributed by atoms with Gasteiger partial charge in [-0.15, -0.1) is 13.2 Å². The third-order valence-corrected chi connectivity index (χ3v) is 4.96. The molecule has 6 nitrogen and oxygen atoms in total. The normalized spacial score (nSPS) is 18.1. The van der Waals surface area contributed by atoms with Gasteiger partial charge in [0.1, 0.15) is 11.6 Å². The highest BCUT2D eigenvalue weighted by Crippen LogP contribution is 2.26. The zero-order valence-electron chi connectivity index (χ0n) is 17.4. The number of imidazole rings is 1. The maximum absolute atomic E-state index is 13.0. The summed E-state index contributed by atoms with van der Waals surface area (Å²) in [7, 11) is 0. The Hall–Kier alpha value is -2.47. The number of hydrogen-bond acceptors (Lipinski definition) is 4. The van der Waals surface area contributed by atoms with Crippen LogP contribution in [0, 0.1) is 6.92 Å². The highest BCUT2D eigenvalue weighted by Gasteiger charge is 2.22. The lowest BCUT2D eigenvalue weighted by Crippen LogP contribution is -2.27. The molecule has 0 aromatic carbocycles. The van der Waals surface area contributed by atoms with Gasteiger partial charge in [0, 0.05) is 19.1 Å². The minimum absolute atomic E-state index is 0.0367. The van der Waals surface area contributed by atoms with Gasteiger partial charge in [-0.1, -0.05) is 25.2 Å². The monoisotopic (exact) mass is 384 g/mol. The highest BCUT2D eigenvalue weighted by molar-refractivity contribution is 5.43. The third-order valence-electron chi connectivity index (χ3n) is 4.96. The summed E-state index contributed by atoms with van der Waals surface area (Å²) < 4.78 is 9.03. The van der Waals surface area contributed by atoms with Crippen molar-refractivity contribution in [2.75, 3.05) is 13.2 Å². The molecule has 1 atom stereocenters. The van der Waals surface area contributed by atoms with Crippen molar-refractivity contribution in [3.8, 4) is 0 Å². The zero-order valence-corrected chi connectivity index (χ0v) is 17.4. The van der Waals surface area contributed by atoms with E-state index in [4.69, 9.17) is 9.84 Å². The van der Waals surface area contributed by atoms with Crippen LogP contribution in [0.2, 0.25) is 0 Å². The van der Waals surface area contributed by atoms with E-state index in [0.29, 0.717) is 23.8 Å². The Kier molecular flexibility index (Phi) is 8.39. The number of allylic oxidation sites excluding steroid dienone is 4. The molecule has 1 aliphatic rings. The molecular weight excluding hydrogens is 352 g/mol. The van der Waals surface area contributed by atoms with E-state index in [2.05, 4.69) is 37.2 Å². The molecule has 1 fully saturated rings. The summed E-state index contributed by atoms with van der Waals surface area (Å²) in [5.41, 5.74) is 1.61. The lowest BCUT2D eigenvalue weighted by atomic mass is 10.0. The highest BCUT2D eigenvalue weighted by atomic mass is 16.5. The molecule has 1 unspecified atom stereocenters. The Labute approximate surface area is 167 Å². The van der Waals surface area contributed by atoms with E-state index in [1.54, 1.807) is 15.3 Å². The van der Waals surface area contributed by atoms with Crippen LogP contribution in [0.25, 0.3) is 5.52 Å². The van der Waals surface area contributed by atoms with Gasteiger partial charge >= 0.3 is 0 Å². The molecule has 2 aromatic heterocycles. The van der Waals surface area contributed by atoms with E-state index in [-0.39, 0.29) is 5.56 Å². The molecule has 1 aliphatic heterocycles.